The second-order valence-electron chi connectivity index (χ2n) is 5.25. The lowest BCUT2D eigenvalue weighted by Gasteiger charge is -2.13. The van der Waals surface area contributed by atoms with Crippen LogP contribution in [0.3, 0.4) is 0 Å². The topological polar surface area (TPSA) is 12.0 Å². The maximum absolute atomic E-state index is 3.69. The van der Waals surface area contributed by atoms with E-state index in [0.29, 0.717) is 0 Å². The molecule has 1 aliphatic rings. The molecule has 1 fully saturated rings. The smallest absolute Gasteiger partial charge is 0.00698 e. The number of nitrogens with one attached hydrogen (secondary N) is 1. The van der Waals surface area contributed by atoms with Gasteiger partial charge >= 0.3 is 0 Å². The Kier molecular flexibility index (Phi) is 4.00. The first-order chi connectivity index (χ1) is 7.75. The number of hydrogen-bond acceptors (Lipinski definition) is 1. The Bertz CT molecular complexity index is 332. The van der Waals surface area contributed by atoms with Gasteiger partial charge in [-0.3, -0.25) is 0 Å². The number of hydrogen-bond donors (Lipinski definition) is 1. The molecule has 0 radical (unpaired) electrons. The van der Waals surface area contributed by atoms with Gasteiger partial charge in [0, 0.05) is 6.04 Å². The highest BCUT2D eigenvalue weighted by atomic mass is 14.9. The lowest BCUT2D eigenvalue weighted by molar-refractivity contribution is 0.505. The summed E-state index contributed by atoms with van der Waals surface area (Å²) < 4.78 is 0. The van der Waals surface area contributed by atoms with Crippen molar-refractivity contribution >= 4 is 0 Å². The fourth-order valence-corrected chi connectivity index (χ4v) is 2.69. The van der Waals surface area contributed by atoms with Crippen molar-refractivity contribution in [3.05, 3.63) is 35.4 Å². The van der Waals surface area contributed by atoms with Gasteiger partial charge in [0.1, 0.15) is 0 Å². The van der Waals surface area contributed by atoms with Crippen LogP contribution in [0, 0.1) is 12.8 Å². The van der Waals surface area contributed by atoms with Crippen molar-refractivity contribution in [2.75, 3.05) is 6.54 Å². The van der Waals surface area contributed by atoms with Crippen molar-refractivity contribution in [3.63, 3.8) is 0 Å². The van der Waals surface area contributed by atoms with Crippen LogP contribution in [0.1, 0.15) is 37.3 Å². The molecule has 0 bridgehead atoms. The molecule has 16 heavy (non-hydrogen) atoms. The third-order valence-corrected chi connectivity index (χ3v) is 3.78. The molecule has 1 heteroatoms. The summed E-state index contributed by atoms with van der Waals surface area (Å²) in [5.41, 5.74) is 2.91. The molecule has 1 aromatic carbocycles. The second kappa shape index (κ2) is 5.49. The fraction of sp³-hybridized carbons (Fsp3) is 0.600. The Morgan fingerprint density at radius 3 is 2.75 bits per heavy atom. The molecule has 1 nitrogen and oxygen atoms in total. The molecule has 2 atom stereocenters. The van der Waals surface area contributed by atoms with Gasteiger partial charge in [-0.15, -0.1) is 0 Å². The highest BCUT2D eigenvalue weighted by Crippen LogP contribution is 2.24. The highest BCUT2D eigenvalue weighted by molar-refractivity contribution is 5.25. The average Bonchev–Trinajstić information content (AvgIpc) is 2.67. The van der Waals surface area contributed by atoms with E-state index in [0.717, 1.165) is 24.9 Å². The summed E-state index contributed by atoms with van der Waals surface area (Å²) in [5, 5.41) is 3.69. The minimum absolute atomic E-state index is 0.777. The summed E-state index contributed by atoms with van der Waals surface area (Å²) in [6.07, 6.45) is 5.31. The van der Waals surface area contributed by atoms with E-state index >= 15 is 0 Å². The lowest BCUT2D eigenvalue weighted by Crippen LogP contribution is -2.28. The van der Waals surface area contributed by atoms with E-state index in [-0.39, 0.29) is 0 Å². The predicted molar refractivity (Wildman–Crippen MR) is 69.7 cm³/mol. The van der Waals surface area contributed by atoms with Gasteiger partial charge in [0.25, 0.3) is 0 Å². The molecule has 1 aliphatic carbocycles. The van der Waals surface area contributed by atoms with Crippen molar-refractivity contribution < 1.29 is 0 Å². The third kappa shape index (κ3) is 3.08. The molecule has 2 rings (SSSR count). The van der Waals surface area contributed by atoms with Crippen molar-refractivity contribution in [3.8, 4) is 0 Å². The Morgan fingerprint density at radius 1 is 1.25 bits per heavy atom. The Hall–Kier alpha value is -0.820. The van der Waals surface area contributed by atoms with Crippen LogP contribution in [0.4, 0.5) is 0 Å². The maximum Gasteiger partial charge on any atom is 0.00698 e. The van der Waals surface area contributed by atoms with Gasteiger partial charge in [-0.1, -0.05) is 31.2 Å². The van der Waals surface area contributed by atoms with Gasteiger partial charge in [0.15, 0.2) is 0 Å². The first-order valence-electron chi connectivity index (χ1n) is 6.53. The monoisotopic (exact) mass is 217 g/mol. The summed E-state index contributed by atoms with van der Waals surface area (Å²) in [6, 6.07) is 9.48. The molecule has 0 saturated heterocycles. The minimum atomic E-state index is 0.777. The molecule has 1 saturated carbocycles. The van der Waals surface area contributed by atoms with E-state index in [1.807, 2.05) is 0 Å². The fourth-order valence-electron chi connectivity index (χ4n) is 2.69. The van der Waals surface area contributed by atoms with Crippen LogP contribution in [0.25, 0.3) is 0 Å². The maximum atomic E-state index is 3.69. The Labute approximate surface area is 99.3 Å². The zero-order valence-electron chi connectivity index (χ0n) is 10.5. The van der Waals surface area contributed by atoms with Crippen LogP contribution in [-0.2, 0) is 6.42 Å². The van der Waals surface area contributed by atoms with Crippen LogP contribution in [0.5, 0.6) is 0 Å². The standard InChI is InChI=1S/C15H23N/c1-12-7-8-15(11-12)16-10-9-14-6-4-3-5-13(14)2/h3-6,12,15-16H,7-11H2,1-2H3. The van der Waals surface area contributed by atoms with Crippen LogP contribution in [0.2, 0.25) is 0 Å². The van der Waals surface area contributed by atoms with Crippen molar-refractivity contribution in [1.82, 2.24) is 5.32 Å². The number of benzene rings is 1. The SMILES string of the molecule is Cc1ccccc1CCNC1CCC(C)C1. The third-order valence-electron chi connectivity index (χ3n) is 3.78. The van der Waals surface area contributed by atoms with Gasteiger partial charge in [-0.2, -0.15) is 0 Å². The van der Waals surface area contributed by atoms with Gasteiger partial charge in [0.2, 0.25) is 0 Å². The van der Waals surface area contributed by atoms with E-state index in [1.165, 1.54) is 30.4 Å². The van der Waals surface area contributed by atoms with E-state index in [4.69, 9.17) is 0 Å². The number of aryl methyl sites for hydroxylation is 1. The molecule has 0 aromatic heterocycles. The van der Waals surface area contributed by atoms with Crippen LogP contribution >= 0.6 is 0 Å². The summed E-state index contributed by atoms with van der Waals surface area (Å²) in [5.74, 6) is 0.927. The Balaban J connectivity index is 1.74. The molecule has 1 aromatic rings. The molecule has 0 amide bonds. The lowest BCUT2D eigenvalue weighted by atomic mass is 10.1. The van der Waals surface area contributed by atoms with Crippen LogP contribution < -0.4 is 5.32 Å². The molecule has 0 heterocycles. The molecule has 2 unspecified atom stereocenters. The van der Waals surface area contributed by atoms with Gasteiger partial charge in [0.05, 0.1) is 0 Å². The zero-order valence-corrected chi connectivity index (χ0v) is 10.5. The largest absolute Gasteiger partial charge is 0.314 e. The molecular formula is C15H23N. The van der Waals surface area contributed by atoms with E-state index in [1.54, 1.807) is 0 Å². The quantitative estimate of drug-likeness (QED) is 0.816. The van der Waals surface area contributed by atoms with E-state index < -0.39 is 0 Å². The summed E-state index contributed by atoms with van der Waals surface area (Å²) in [4.78, 5) is 0. The molecule has 0 spiro atoms. The molecular weight excluding hydrogens is 194 g/mol. The average molecular weight is 217 g/mol. The normalized spacial score (nSPS) is 24.9. The van der Waals surface area contributed by atoms with Gasteiger partial charge < -0.3 is 5.32 Å². The van der Waals surface area contributed by atoms with E-state index in [2.05, 4.69) is 43.4 Å². The molecule has 0 aliphatic heterocycles. The molecule has 1 N–H and O–H groups in total. The van der Waals surface area contributed by atoms with E-state index in [9.17, 15) is 0 Å². The van der Waals surface area contributed by atoms with Gasteiger partial charge in [-0.05, 0) is 56.2 Å². The minimum Gasteiger partial charge on any atom is -0.314 e. The van der Waals surface area contributed by atoms with Gasteiger partial charge in [-0.25, -0.2) is 0 Å². The van der Waals surface area contributed by atoms with Crippen LogP contribution in [-0.4, -0.2) is 12.6 Å². The van der Waals surface area contributed by atoms with Crippen molar-refractivity contribution in [2.24, 2.45) is 5.92 Å². The molecule has 88 valence electrons. The first-order valence-corrected chi connectivity index (χ1v) is 6.53. The zero-order chi connectivity index (χ0) is 11.4. The first kappa shape index (κ1) is 11.7. The highest BCUT2D eigenvalue weighted by Gasteiger charge is 2.20. The van der Waals surface area contributed by atoms with Crippen LogP contribution in [0.15, 0.2) is 24.3 Å². The summed E-state index contributed by atoms with van der Waals surface area (Å²) >= 11 is 0. The van der Waals surface area contributed by atoms with Crippen molar-refractivity contribution in [2.45, 2.75) is 45.6 Å². The number of rotatable bonds is 4. The second-order valence-corrected chi connectivity index (χ2v) is 5.25. The summed E-state index contributed by atoms with van der Waals surface area (Å²) in [6.45, 7) is 5.69. The Morgan fingerprint density at radius 2 is 2.06 bits per heavy atom. The summed E-state index contributed by atoms with van der Waals surface area (Å²) in [7, 11) is 0. The predicted octanol–water partition coefficient (Wildman–Crippen LogP) is 3.32. The van der Waals surface area contributed by atoms with Crippen molar-refractivity contribution in [1.29, 1.82) is 0 Å².